The fourth-order valence-corrected chi connectivity index (χ4v) is 3.45. The number of halogens is 1. The predicted octanol–water partition coefficient (Wildman–Crippen LogP) is 3.99. The number of anilines is 1. The van der Waals surface area contributed by atoms with Crippen molar-refractivity contribution < 1.29 is 22.7 Å². The summed E-state index contributed by atoms with van der Waals surface area (Å²) in [7, 11) is -3.83. The molecule has 0 heterocycles. The Morgan fingerprint density at radius 2 is 1.54 bits per heavy atom. The first kappa shape index (κ1) is 17.6. The zero-order valence-electron chi connectivity index (χ0n) is 13.4. The maximum absolute atomic E-state index is 13.3. The van der Waals surface area contributed by atoms with Gasteiger partial charge in [-0.25, -0.2) is 17.6 Å². The number of carboxylic acids is 1. The summed E-state index contributed by atoms with van der Waals surface area (Å²) in [6.07, 6.45) is 0. The van der Waals surface area contributed by atoms with Gasteiger partial charge in [-0.1, -0.05) is 24.3 Å². The van der Waals surface area contributed by atoms with Crippen LogP contribution in [0.2, 0.25) is 0 Å². The maximum atomic E-state index is 13.3. The minimum absolute atomic E-state index is 0.0416. The number of carboxylic acid groups (broad SMARTS) is 1. The van der Waals surface area contributed by atoms with Crippen molar-refractivity contribution in [2.45, 2.75) is 4.90 Å². The molecule has 0 aliphatic rings. The van der Waals surface area contributed by atoms with Gasteiger partial charge in [0.15, 0.2) is 0 Å². The van der Waals surface area contributed by atoms with Crippen molar-refractivity contribution in [3.8, 4) is 11.1 Å². The number of aromatic carboxylic acids is 1. The van der Waals surface area contributed by atoms with Gasteiger partial charge in [-0.15, -0.1) is 0 Å². The van der Waals surface area contributed by atoms with Gasteiger partial charge in [-0.05, 0) is 59.7 Å². The molecule has 0 saturated heterocycles. The van der Waals surface area contributed by atoms with Crippen molar-refractivity contribution in [3.05, 3.63) is 84.2 Å². The van der Waals surface area contributed by atoms with Crippen LogP contribution in [0.15, 0.2) is 77.7 Å². The highest BCUT2D eigenvalue weighted by atomic mass is 32.2. The zero-order valence-corrected chi connectivity index (χ0v) is 14.2. The van der Waals surface area contributed by atoms with Crippen LogP contribution in [0.5, 0.6) is 0 Å². The van der Waals surface area contributed by atoms with Crippen LogP contribution in [0.3, 0.4) is 0 Å². The van der Waals surface area contributed by atoms with E-state index in [1.807, 2.05) is 0 Å². The number of hydrogen-bond donors (Lipinski definition) is 2. The molecular formula is C19H14FNO4S. The Bertz CT molecular complexity index is 1050. The molecule has 2 N–H and O–H groups in total. The Morgan fingerprint density at radius 1 is 0.885 bits per heavy atom. The van der Waals surface area contributed by atoms with E-state index in [0.717, 1.165) is 0 Å². The lowest BCUT2D eigenvalue weighted by Crippen LogP contribution is -2.13. The lowest BCUT2D eigenvalue weighted by molar-refractivity contribution is 0.0697. The van der Waals surface area contributed by atoms with Gasteiger partial charge < -0.3 is 5.11 Å². The SMILES string of the molecule is O=C(O)c1ccc(NS(=O)(=O)c2ccc(-c3cccc(F)c3)cc2)cc1. The molecule has 0 saturated carbocycles. The summed E-state index contributed by atoms with van der Waals surface area (Å²) in [6.45, 7) is 0. The van der Waals surface area contributed by atoms with E-state index in [0.29, 0.717) is 11.1 Å². The Kier molecular flexibility index (Phi) is 4.73. The molecule has 7 heteroatoms. The second-order valence-electron chi connectivity index (χ2n) is 5.52. The highest BCUT2D eigenvalue weighted by Gasteiger charge is 2.14. The van der Waals surface area contributed by atoms with Gasteiger partial charge >= 0.3 is 5.97 Å². The molecule has 0 amide bonds. The molecule has 0 aliphatic carbocycles. The van der Waals surface area contributed by atoms with Crippen LogP contribution < -0.4 is 4.72 Å². The van der Waals surface area contributed by atoms with Gasteiger partial charge in [0.1, 0.15) is 5.82 Å². The van der Waals surface area contributed by atoms with Crippen LogP contribution >= 0.6 is 0 Å². The van der Waals surface area contributed by atoms with Gasteiger partial charge in [-0.2, -0.15) is 0 Å². The molecule has 5 nitrogen and oxygen atoms in total. The van der Waals surface area contributed by atoms with Gasteiger partial charge in [0.25, 0.3) is 10.0 Å². The Labute approximate surface area is 149 Å². The number of carbonyl (C=O) groups is 1. The van der Waals surface area contributed by atoms with Crippen LogP contribution in [0.4, 0.5) is 10.1 Å². The number of benzene rings is 3. The van der Waals surface area contributed by atoms with Gasteiger partial charge in [0, 0.05) is 5.69 Å². The first-order chi connectivity index (χ1) is 12.3. The van der Waals surface area contributed by atoms with Gasteiger partial charge in [0.05, 0.1) is 10.5 Å². The number of rotatable bonds is 5. The van der Waals surface area contributed by atoms with Gasteiger partial charge in [0.2, 0.25) is 0 Å². The van der Waals surface area contributed by atoms with Crippen LogP contribution in [0.25, 0.3) is 11.1 Å². The third-order valence-electron chi connectivity index (χ3n) is 3.71. The number of sulfonamides is 1. The quantitative estimate of drug-likeness (QED) is 0.710. The fourth-order valence-electron chi connectivity index (χ4n) is 2.39. The Morgan fingerprint density at radius 3 is 2.12 bits per heavy atom. The van der Waals surface area contributed by atoms with Crippen LogP contribution in [-0.4, -0.2) is 19.5 Å². The van der Waals surface area contributed by atoms with E-state index in [1.54, 1.807) is 24.3 Å². The van der Waals surface area contributed by atoms with E-state index < -0.39 is 16.0 Å². The van der Waals surface area contributed by atoms with E-state index in [-0.39, 0.29) is 22.0 Å². The third kappa shape index (κ3) is 3.89. The van der Waals surface area contributed by atoms with Gasteiger partial charge in [-0.3, -0.25) is 4.72 Å². The average Bonchev–Trinajstić information content (AvgIpc) is 2.62. The monoisotopic (exact) mass is 371 g/mol. The average molecular weight is 371 g/mol. The lowest BCUT2D eigenvalue weighted by Gasteiger charge is -2.09. The van der Waals surface area contributed by atoms with E-state index in [2.05, 4.69) is 4.72 Å². The number of hydrogen-bond acceptors (Lipinski definition) is 3. The molecule has 3 aromatic rings. The van der Waals surface area contributed by atoms with Crippen molar-refractivity contribution >= 4 is 21.7 Å². The Hall–Kier alpha value is -3.19. The van der Waals surface area contributed by atoms with Crippen molar-refractivity contribution in [2.75, 3.05) is 4.72 Å². The van der Waals surface area contributed by atoms with Crippen molar-refractivity contribution in [2.24, 2.45) is 0 Å². The van der Waals surface area contributed by atoms with Crippen LogP contribution in [-0.2, 0) is 10.0 Å². The highest BCUT2D eigenvalue weighted by molar-refractivity contribution is 7.92. The van der Waals surface area contributed by atoms with Crippen molar-refractivity contribution in [3.63, 3.8) is 0 Å². The lowest BCUT2D eigenvalue weighted by atomic mass is 10.1. The van der Waals surface area contributed by atoms with Crippen molar-refractivity contribution in [1.29, 1.82) is 0 Å². The van der Waals surface area contributed by atoms with E-state index in [4.69, 9.17) is 5.11 Å². The van der Waals surface area contributed by atoms with E-state index >= 15 is 0 Å². The predicted molar refractivity (Wildman–Crippen MR) is 96.0 cm³/mol. The molecule has 26 heavy (non-hydrogen) atoms. The van der Waals surface area contributed by atoms with Crippen LogP contribution in [0, 0.1) is 5.82 Å². The molecule has 0 unspecified atom stereocenters. The number of nitrogens with one attached hydrogen (secondary N) is 1. The summed E-state index contributed by atoms with van der Waals surface area (Å²) in [6, 6.07) is 17.4. The molecule has 0 spiro atoms. The summed E-state index contributed by atoms with van der Waals surface area (Å²) in [4.78, 5) is 10.9. The minimum atomic E-state index is -3.83. The molecule has 0 fully saturated rings. The molecule has 0 aromatic heterocycles. The highest BCUT2D eigenvalue weighted by Crippen LogP contribution is 2.23. The second-order valence-corrected chi connectivity index (χ2v) is 7.21. The van der Waals surface area contributed by atoms with Crippen molar-refractivity contribution in [1.82, 2.24) is 0 Å². The van der Waals surface area contributed by atoms with Crippen LogP contribution in [0.1, 0.15) is 10.4 Å². The Balaban J connectivity index is 1.82. The summed E-state index contributed by atoms with van der Waals surface area (Å²) >= 11 is 0. The second kappa shape index (κ2) is 6.97. The summed E-state index contributed by atoms with van der Waals surface area (Å²) < 4.78 is 40.6. The molecule has 0 radical (unpaired) electrons. The molecule has 0 aliphatic heterocycles. The largest absolute Gasteiger partial charge is 0.478 e. The third-order valence-corrected chi connectivity index (χ3v) is 5.10. The van der Waals surface area contributed by atoms with E-state index in [9.17, 15) is 17.6 Å². The summed E-state index contributed by atoms with van der Waals surface area (Å²) in [5, 5.41) is 8.86. The molecule has 0 atom stereocenters. The maximum Gasteiger partial charge on any atom is 0.335 e. The summed E-state index contributed by atoms with van der Waals surface area (Å²) in [5.41, 5.74) is 1.65. The molecule has 3 aromatic carbocycles. The standard InChI is InChI=1S/C19H14FNO4S/c20-16-3-1-2-15(12-16)13-6-10-18(11-7-13)26(24,25)21-17-8-4-14(5-9-17)19(22)23/h1-12,21H,(H,22,23). The first-order valence-electron chi connectivity index (χ1n) is 7.57. The molecular weight excluding hydrogens is 357 g/mol. The summed E-state index contributed by atoms with van der Waals surface area (Å²) in [5.74, 6) is -1.46. The molecule has 132 valence electrons. The zero-order chi connectivity index (χ0) is 18.7. The minimum Gasteiger partial charge on any atom is -0.478 e. The molecule has 0 bridgehead atoms. The molecule has 3 rings (SSSR count). The first-order valence-corrected chi connectivity index (χ1v) is 9.06. The normalized spacial score (nSPS) is 11.1. The van der Waals surface area contributed by atoms with E-state index in [1.165, 1.54) is 48.5 Å². The smallest absolute Gasteiger partial charge is 0.335 e. The fraction of sp³-hybridized carbons (Fsp3) is 0. The topological polar surface area (TPSA) is 83.5 Å².